The number of halogens is 2. The van der Waals surface area contributed by atoms with Gasteiger partial charge in [-0.1, -0.05) is 6.07 Å². The van der Waals surface area contributed by atoms with Crippen molar-refractivity contribution in [1.29, 1.82) is 0 Å². The van der Waals surface area contributed by atoms with Gasteiger partial charge in [0.1, 0.15) is 11.6 Å². The molecule has 18 heavy (non-hydrogen) atoms. The van der Waals surface area contributed by atoms with Gasteiger partial charge in [-0.25, -0.2) is 8.78 Å². The zero-order valence-corrected chi connectivity index (χ0v) is 10.5. The van der Waals surface area contributed by atoms with Crippen molar-refractivity contribution < 1.29 is 13.9 Å². The van der Waals surface area contributed by atoms with Crippen LogP contribution in [0.25, 0.3) is 0 Å². The number of hydrogen-bond acceptors (Lipinski definition) is 2. The summed E-state index contributed by atoms with van der Waals surface area (Å²) in [5, 5.41) is 12.7. The van der Waals surface area contributed by atoms with Gasteiger partial charge in [0.2, 0.25) is 0 Å². The van der Waals surface area contributed by atoms with E-state index in [0.29, 0.717) is 11.5 Å². The Morgan fingerprint density at radius 1 is 1.39 bits per heavy atom. The molecule has 1 aromatic rings. The van der Waals surface area contributed by atoms with Crippen molar-refractivity contribution in [3.05, 3.63) is 35.4 Å². The Balaban J connectivity index is 1.89. The molecule has 2 rings (SSSR count). The van der Waals surface area contributed by atoms with Crippen LogP contribution in [0.3, 0.4) is 0 Å². The van der Waals surface area contributed by atoms with Crippen LogP contribution < -0.4 is 5.32 Å². The van der Waals surface area contributed by atoms with Crippen molar-refractivity contribution in [3.8, 4) is 0 Å². The van der Waals surface area contributed by atoms with Gasteiger partial charge in [-0.15, -0.1) is 0 Å². The second-order valence-corrected chi connectivity index (χ2v) is 5.13. The Labute approximate surface area is 106 Å². The van der Waals surface area contributed by atoms with E-state index in [1.54, 1.807) is 0 Å². The highest BCUT2D eigenvalue weighted by Crippen LogP contribution is 2.26. The highest BCUT2D eigenvalue weighted by Gasteiger charge is 2.23. The fourth-order valence-corrected chi connectivity index (χ4v) is 2.54. The lowest BCUT2D eigenvalue weighted by Gasteiger charge is -2.18. The van der Waals surface area contributed by atoms with Crippen molar-refractivity contribution in [1.82, 2.24) is 5.32 Å². The summed E-state index contributed by atoms with van der Waals surface area (Å²) in [5.74, 6) is -0.616. The minimum Gasteiger partial charge on any atom is -0.393 e. The first-order chi connectivity index (χ1) is 8.56. The molecule has 1 aliphatic rings. The Hall–Kier alpha value is -1.00. The van der Waals surface area contributed by atoms with E-state index < -0.39 is 11.6 Å². The highest BCUT2D eigenvalue weighted by atomic mass is 19.1. The van der Waals surface area contributed by atoms with E-state index in [4.69, 9.17) is 0 Å². The van der Waals surface area contributed by atoms with E-state index in [1.165, 1.54) is 12.1 Å². The van der Waals surface area contributed by atoms with Crippen LogP contribution in [-0.4, -0.2) is 17.8 Å². The molecule has 3 atom stereocenters. The van der Waals surface area contributed by atoms with Gasteiger partial charge >= 0.3 is 0 Å². The maximum Gasteiger partial charge on any atom is 0.130 e. The number of benzene rings is 1. The molecule has 0 amide bonds. The average molecular weight is 255 g/mol. The molecule has 4 heteroatoms. The van der Waals surface area contributed by atoms with Crippen molar-refractivity contribution in [2.24, 2.45) is 5.92 Å². The molecule has 3 unspecified atom stereocenters. The molecule has 0 radical (unpaired) electrons. The van der Waals surface area contributed by atoms with Crippen LogP contribution in [0, 0.1) is 17.6 Å². The topological polar surface area (TPSA) is 32.3 Å². The fourth-order valence-electron chi connectivity index (χ4n) is 2.54. The number of hydrogen-bond donors (Lipinski definition) is 2. The first kappa shape index (κ1) is 13.4. The van der Waals surface area contributed by atoms with Gasteiger partial charge in [0.25, 0.3) is 0 Å². The van der Waals surface area contributed by atoms with Crippen LogP contribution >= 0.6 is 0 Å². The number of rotatable bonds is 4. The van der Waals surface area contributed by atoms with Crippen LogP contribution in [0.15, 0.2) is 18.2 Å². The average Bonchev–Trinajstić information content (AvgIpc) is 2.72. The monoisotopic (exact) mass is 255 g/mol. The van der Waals surface area contributed by atoms with Crippen LogP contribution in [0.4, 0.5) is 8.78 Å². The highest BCUT2D eigenvalue weighted by molar-refractivity contribution is 5.21. The van der Waals surface area contributed by atoms with E-state index in [9.17, 15) is 13.9 Å². The predicted octanol–water partition coefficient (Wildman–Crippen LogP) is 2.78. The lowest BCUT2D eigenvalue weighted by atomic mass is 10.0. The van der Waals surface area contributed by atoms with Gasteiger partial charge < -0.3 is 10.4 Å². The van der Waals surface area contributed by atoms with Crippen molar-refractivity contribution in [3.63, 3.8) is 0 Å². The third-order valence-electron chi connectivity index (χ3n) is 3.66. The maximum absolute atomic E-state index is 13.5. The van der Waals surface area contributed by atoms with Crippen molar-refractivity contribution in [2.75, 3.05) is 6.54 Å². The first-order valence-corrected chi connectivity index (χ1v) is 6.42. The van der Waals surface area contributed by atoms with Gasteiger partial charge in [0.15, 0.2) is 0 Å². The normalized spacial score (nSPS) is 25.3. The molecule has 0 spiro atoms. The van der Waals surface area contributed by atoms with Gasteiger partial charge in [-0.05, 0) is 44.7 Å². The molecular formula is C14H19F2NO. The number of nitrogens with one attached hydrogen (secondary N) is 1. The summed E-state index contributed by atoms with van der Waals surface area (Å²) in [6.45, 7) is 2.62. The third kappa shape index (κ3) is 3.27. The molecule has 0 bridgehead atoms. The number of aliphatic hydroxyl groups is 1. The maximum atomic E-state index is 13.5. The zero-order valence-electron chi connectivity index (χ0n) is 10.5. The molecule has 2 N–H and O–H groups in total. The quantitative estimate of drug-likeness (QED) is 0.867. The molecular weight excluding hydrogens is 236 g/mol. The van der Waals surface area contributed by atoms with Crippen LogP contribution in [0.1, 0.15) is 37.8 Å². The van der Waals surface area contributed by atoms with E-state index in [2.05, 4.69) is 5.32 Å². The Morgan fingerprint density at radius 2 is 2.17 bits per heavy atom. The second-order valence-electron chi connectivity index (χ2n) is 5.13. The Kier molecular flexibility index (Phi) is 4.30. The Morgan fingerprint density at radius 3 is 2.78 bits per heavy atom. The van der Waals surface area contributed by atoms with E-state index in [-0.39, 0.29) is 12.1 Å². The van der Waals surface area contributed by atoms with Gasteiger partial charge in [0.05, 0.1) is 6.10 Å². The molecule has 0 saturated heterocycles. The molecule has 100 valence electrons. The SMILES string of the molecule is CC(NCC1CCC(O)C1)c1ccc(F)cc1F. The van der Waals surface area contributed by atoms with Crippen LogP contribution in [-0.2, 0) is 0 Å². The van der Waals surface area contributed by atoms with Crippen LogP contribution in [0.5, 0.6) is 0 Å². The summed E-state index contributed by atoms with van der Waals surface area (Å²) in [7, 11) is 0. The third-order valence-corrected chi connectivity index (χ3v) is 3.66. The van der Waals surface area contributed by atoms with Crippen molar-refractivity contribution >= 4 is 0 Å². The molecule has 1 saturated carbocycles. The summed E-state index contributed by atoms with van der Waals surface area (Å²) in [5.41, 5.74) is 0.481. The van der Waals surface area contributed by atoms with Crippen molar-refractivity contribution in [2.45, 2.75) is 38.3 Å². The predicted molar refractivity (Wildman–Crippen MR) is 66.1 cm³/mol. The van der Waals surface area contributed by atoms with E-state index >= 15 is 0 Å². The van der Waals surface area contributed by atoms with Crippen LogP contribution in [0.2, 0.25) is 0 Å². The summed E-state index contributed by atoms with van der Waals surface area (Å²) < 4.78 is 26.3. The molecule has 0 heterocycles. The Bertz CT molecular complexity index is 411. The fraction of sp³-hybridized carbons (Fsp3) is 0.571. The van der Waals surface area contributed by atoms with E-state index in [1.807, 2.05) is 6.92 Å². The minimum atomic E-state index is -0.553. The second kappa shape index (κ2) is 5.76. The molecule has 1 aliphatic carbocycles. The summed E-state index contributed by atoms with van der Waals surface area (Å²) >= 11 is 0. The first-order valence-electron chi connectivity index (χ1n) is 6.42. The lowest BCUT2D eigenvalue weighted by Crippen LogP contribution is -2.25. The summed E-state index contributed by atoms with van der Waals surface area (Å²) in [6.07, 6.45) is 2.49. The molecule has 0 aromatic heterocycles. The van der Waals surface area contributed by atoms with E-state index in [0.717, 1.165) is 31.9 Å². The standard InChI is InChI=1S/C14H19F2NO/c1-9(13-5-3-11(15)7-14(13)16)17-8-10-2-4-12(18)6-10/h3,5,7,9-10,12,17-18H,2,4,6,8H2,1H3. The lowest BCUT2D eigenvalue weighted by molar-refractivity contribution is 0.177. The van der Waals surface area contributed by atoms with Gasteiger partial charge in [0, 0.05) is 17.7 Å². The zero-order chi connectivity index (χ0) is 13.1. The minimum absolute atomic E-state index is 0.150. The summed E-state index contributed by atoms with van der Waals surface area (Å²) in [6, 6.07) is 3.51. The molecule has 2 nitrogen and oxygen atoms in total. The van der Waals surface area contributed by atoms with Gasteiger partial charge in [-0.2, -0.15) is 0 Å². The summed E-state index contributed by atoms with van der Waals surface area (Å²) in [4.78, 5) is 0. The van der Waals surface area contributed by atoms with Gasteiger partial charge in [-0.3, -0.25) is 0 Å². The largest absolute Gasteiger partial charge is 0.393 e. The molecule has 0 aliphatic heterocycles. The molecule has 1 aromatic carbocycles. The molecule has 1 fully saturated rings. The smallest absolute Gasteiger partial charge is 0.130 e. The number of aliphatic hydroxyl groups excluding tert-OH is 1.